The molecule has 22 heavy (non-hydrogen) atoms. The minimum atomic E-state index is -0.200. The van der Waals surface area contributed by atoms with Gasteiger partial charge in [-0.05, 0) is 44.4 Å². The van der Waals surface area contributed by atoms with Crippen molar-refractivity contribution in [2.75, 3.05) is 5.32 Å². The summed E-state index contributed by atoms with van der Waals surface area (Å²) in [5.74, 6) is 0.503. The fourth-order valence-electron chi connectivity index (χ4n) is 2.35. The van der Waals surface area contributed by atoms with E-state index in [9.17, 15) is 9.90 Å². The van der Waals surface area contributed by atoms with Crippen LogP contribution < -0.4 is 5.32 Å². The molecule has 2 rings (SSSR count). The van der Waals surface area contributed by atoms with E-state index in [0.29, 0.717) is 6.42 Å². The first-order chi connectivity index (χ1) is 10.4. The zero-order valence-corrected chi connectivity index (χ0v) is 13.4. The van der Waals surface area contributed by atoms with Crippen LogP contribution >= 0.6 is 0 Å². The second kappa shape index (κ2) is 6.75. The van der Waals surface area contributed by atoms with Crippen LogP contribution in [-0.4, -0.2) is 16.2 Å². The summed E-state index contributed by atoms with van der Waals surface area (Å²) in [5.41, 5.74) is 4.30. The quantitative estimate of drug-likeness (QED) is 0.890. The van der Waals surface area contributed by atoms with E-state index in [-0.39, 0.29) is 18.4 Å². The Morgan fingerprint density at radius 2 is 2.09 bits per heavy atom. The first kappa shape index (κ1) is 16.2. The number of benzene rings is 1. The molecule has 118 valence electrons. The van der Waals surface area contributed by atoms with E-state index in [1.807, 2.05) is 39.8 Å². The predicted molar refractivity (Wildman–Crippen MR) is 84.6 cm³/mol. The van der Waals surface area contributed by atoms with E-state index in [1.54, 1.807) is 6.07 Å². The van der Waals surface area contributed by atoms with Crippen LogP contribution in [0.3, 0.4) is 0 Å². The smallest absolute Gasteiger partial charge is 0.227 e. The van der Waals surface area contributed by atoms with Crippen LogP contribution in [-0.2, 0) is 17.8 Å². The largest absolute Gasteiger partial charge is 0.392 e. The predicted octanol–water partition coefficient (Wildman–Crippen LogP) is 2.91. The molecule has 1 atom stereocenters. The Labute approximate surface area is 130 Å². The number of carbonyl (C=O) groups excluding carboxylic acids is 1. The Bertz CT molecular complexity index is 657. The lowest BCUT2D eigenvalue weighted by molar-refractivity contribution is -0.119. The maximum atomic E-state index is 12.4. The third kappa shape index (κ3) is 3.54. The number of aryl methyl sites for hydroxylation is 3. The van der Waals surface area contributed by atoms with Crippen molar-refractivity contribution in [3.05, 3.63) is 46.3 Å². The van der Waals surface area contributed by atoms with Gasteiger partial charge < -0.3 is 14.9 Å². The molecule has 0 saturated heterocycles. The van der Waals surface area contributed by atoms with Gasteiger partial charge in [0.05, 0.1) is 12.3 Å². The molecule has 1 aromatic heterocycles. The number of anilines is 1. The second-order valence-corrected chi connectivity index (χ2v) is 5.70. The lowest BCUT2D eigenvalue weighted by atomic mass is 9.99. The minimum Gasteiger partial charge on any atom is -0.392 e. The standard InChI is InChI=1S/C17H22N2O3/c1-10-5-6-14(9-20)8-16(10)18-17(21)11(2)7-15-12(3)19-22-13(15)4/h5-6,8,11,20H,7,9H2,1-4H3,(H,18,21). The van der Waals surface area contributed by atoms with Gasteiger partial charge in [0.1, 0.15) is 5.76 Å². The van der Waals surface area contributed by atoms with Gasteiger partial charge in [0.15, 0.2) is 0 Å². The van der Waals surface area contributed by atoms with Crippen molar-refractivity contribution in [2.24, 2.45) is 5.92 Å². The Balaban J connectivity index is 2.09. The first-order valence-electron chi connectivity index (χ1n) is 7.35. The number of carbonyl (C=O) groups is 1. The third-order valence-corrected chi connectivity index (χ3v) is 3.88. The van der Waals surface area contributed by atoms with Crippen molar-refractivity contribution in [2.45, 2.75) is 40.7 Å². The molecule has 5 heteroatoms. The SMILES string of the molecule is Cc1ccc(CO)cc1NC(=O)C(C)Cc1c(C)noc1C. The summed E-state index contributed by atoms with van der Waals surface area (Å²) in [7, 11) is 0. The molecule has 1 aromatic carbocycles. The first-order valence-corrected chi connectivity index (χ1v) is 7.35. The zero-order chi connectivity index (χ0) is 16.3. The lowest BCUT2D eigenvalue weighted by Crippen LogP contribution is -2.23. The summed E-state index contributed by atoms with van der Waals surface area (Å²) in [6.07, 6.45) is 0.589. The van der Waals surface area contributed by atoms with E-state index >= 15 is 0 Å². The third-order valence-electron chi connectivity index (χ3n) is 3.88. The molecule has 0 aliphatic carbocycles. The summed E-state index contributed by atoms with van der Waals surface area (Å²) < 4.78 is 5.13. The molecule has 1 amide bonds. The monoisotopic (exact) mass is 302 g/mol. The molecule has 0 bridgehead atoms. The minimum absolute atomic E-state index is 0.0439. The molecular formula is C17H22N2O3. The Hall–Kier alpha value is -2.14. The maximum Gasteiger partial charge on any atom is 0.227 e. The fourth-order valence-corrected chi connectivity index (χ4v) is 2.35. The van der Waals surface area contributed by atoms with Crippen LogP contribution in [0.2, 0.25) is 0 Å². The fraction of sp³-hybridized carbons (Fsp3) is 0.412. The number of aliphatic hydroxyl groups excluding tert-OH is 1. The summed E-state index contributed by atoms with van der Waals surface area (Å²) in [6, 6.07) is 5.54. The Kier molecular flexibility index (Phi) is 4.98. The molecule has 0 aliphatic heterocycles. The van der Waals surface area contributed by atoms with Gasteiger partial charge in [-0.3, -0.25) is 4.79 Å². The van der Waals surface area contributed by atoms with Gasteiger partial charge in [0.2, 0.25) is 5.91 Å². The van der Waals surface area contributed by atoms with E-state index in [4.69, 9.17) is 4.52 Å². The number of hydrogen-bond donors (Lipinski definition) is 2. The van der Waals surface area contributed by atoms with Gasteiger partial charge >= 0.3 is 0 Å². The van der Waals surface area contributed by atoms with Gasteiger partial charge in [-0.1, -0.05) is 24.2 Å². The normalized spacial score (nSPS) is 12.2. The molecule has 5 nitrogen and oxygen atoms in total. The molecular weight excluding hydrogens is 280 g/mol. The number of nitrogens with one attached hydrogen (secondary N) is 1. The van der Waals surface area contributed by atoms with E-state index in [2.05, 4.69) is 10.5 Å². The van der Waals surface area contributed by atoms with Crippen molar-refractivity contribution in [3.8, 4) is 0 Å². The molecule has 0 spiro atoms. The molecule has 0 aliphatic rings. The van der Waals surface area contributed by atoms with Crippen LogP contribution in [0, 0.1) is 26.7 Å². The van der Waals surface area contributed by atoms with Gasteiger partial charge in [-0.2, -0.15) is 0 Å². The van der Waals surface area contributed by atoms with Gasteiger partial charge in [0, 0.05) is 17.2 Å². The van der Waals surface area contributed by atoms with Crippen LogP contribution in [0.5, 0.6) is 0 Å². The molecule has 1 heterocycles. The summed E-state index contributed by atoms with van der Waals surface area (Å²) in [5, 5.41) is 16.0. The molecule has 0 fully saturated rings. The zero-order valence-electron chi connectivity index (χ0n) is 13.4. The highest BCUT2D eigenvalue weighted by Crippen LogP contribution is 2.21. The second-order valence-electron chi connectivity index (χ2n) is 5.70. The number of aromatic nitrogens is 1. The highest BCUT2D eigenvalue weighted by Gasteiger charge is 2.19. The lowest BCUT2D eigenvalue weighted by Gasteiger charge is -2.14. The van der Waals surface area contributed by atoms with Gasteiger partial charge in [-0.25, -0.2) is 0 Å². The number of rotatable bonds is 5. The van der Waals surface area contributed by atoms with Crippen molar-refractivity contribution in [3.63, 3.8) is 0 Å². The van der Waals surface area contributed by atoms with Crippen molar-refractivity contribution >= 4 is 11.6 Å². The van der Waals surface area contributed by atoms with E-state index in [1.165, 1.54) is 0 Å². The Morgan fingerprint density at radius 1 is 1.36 bits per heavy atom. The number of amides is 1. The van der Waals surface area contributed by atoms with Crippen molar-refractivity contribution in [1.82, 2.24) is 5.16 Å². The molecule has 2 N–H and O–H groups in total. The van der Waals surface area contributed by atoms with Crippen LogP contribution in [0.1, 0.15) is 35.1 Å². The highest BCUT2D eigenvalue weighted by atomic mass is 16.5. The maximum absolute atomic E-state index is 12.4. The molecule has 2 aromatic rings. The molecule has 1 unspecified atom stereocenters. The van der Waals surface area contributed by atoms with E-state index in [0.717, 1.165) is 33.8 Å². The number of aliphatic hydroxyl groups is 1. The summed E-state index contributed by atoms with van der Waals surface area (Å²) in [4.78, 5) is 12.4. The topological polar surface area (TPSA) is 75.4 Å². The summed E-state index contributed by atoms with van der Waals surface area (Å²) >= 11 is 0. The van der Waals surface area contributed by atoms with Crippen molar-refractivity contribution in [1.29, 1.82) is 0 Å². The number of nitrogens with zero attached hydrogens (tertiary/aromatic N) is 1. The van der Waals surface area contributed by atoms with Crippen LogP contribution in [0.15, 0.2) is 22.7 Å². The van der Waals surface area contributed by atoms with E-state index < -0.39 is 0 Å². The van der Waals surface area contributed by atoms with Crippen LogP contribution in [0.25, 0.3) is 0 Å². The van der Waals surface area contributed by atoms with Gasteiger partial charge in [-0.15, -0.1) is 0 Å². The van der Waals surface area contributed by atoms with Crippen molar-refractivity contribution < 1.29 is 14.4 Å². The molecule has 0 radical (unpaired) electrons. The number of hydrogen-bond acceptors (Lipinski definition) is 4. The average Bonchev–Trinajstić information content (AvgIpc) is 2.81. The van der Waals surface area contributed by atoms with Gasteiger partial charge in [0.25, 0.3) is 0 Å². The summed E-state index contributed by atoms with van der Waals surface area (Å²) in [6.45, 7) is 7.50. The average molecular weight is 302 g/mol. The Morgan fingerprint density at radius 3 is 2.68 bits per heavy atom. The molecule has 0 saturated carbocycles. The van der Waals surface area contributed by atoms with Crippen LogP contribution in [0.4, 0.5) is 5.69 Å². The highest BCUT2D eigenvalue weighted by molar-refractivity contribution is 5.93.